The second-order valence-electron chi connectivity index (χ2n) is 6.62. The van der Waals surface area contributed by atoms with Crippen LogP contribution in [0.1, 0.15) is 24.8 Å². The van der Waals surface area contributed by atoms with E-state index >= 15 is 0 Å². The number of nitrogens with zero attached hydrogens (tertiary/aromatic N) is 2. The number of amides is 2. The van der Waals surface area contributed by atoms with Crippen LogP contribution >= 0.6 is 0 Å². The van der Waals surface area contributed by atoms with Crippen LogP contribution in [0, 0.1) is 40.7 Å². The molecule has 1 aliphatic heterocycles. The lowest BCUT2D eigenvalue weighted by Gasteiger charge is -2.19. The summed E-state index contributed by atoms with van der Waals surface area (Å²) in [5.41, 5.74) is 0.798. The number of benzene rings is 1. The number of fused-ring (bicyclic) bond motifs is 5. The summed E-state index contributed by atoms with van der Waals surface area (Å²) in [6, 6.07) is 4.56. The van der Waals surface area contributed by atoms with Gasteiger partial charge >= 0.3 is 0 Å². The highest BCUT2D eigenvalue weighted by Gasteiger charge is 2.61. The van der Waals surface area contributed by atoms with Crippen LogP contribution in [0.4, 0.5) is 11.4 Å². The average molecular weight is 300 g/mol. The van der Waals surface area contributed by atoms with Gasteiger partial charge in [-0.05, 0) is 44.1 Å². The Morgan fingerprint density at radius 2 is 1.73 bits per heavy atom. The molecule has 4 rings (SSSR count). The van der Waals surface area contributed by atoms with Crippen molar-refractivity contribution in [3.8, 4) is 0 Å². The van der Waals surface area contributed by atoms with Gasteiger partial charge in [0.25, 0.3) is 5.69 Å². The van der Waals surface area contributed by atoms with Crippen molar-refractivity contribution in [1.82, 2.24) is 0 Å². The third-order valence-electron chi connectivity index (χ3n) is 5.58. The van der Waals surface area contributed by atoms with Gasteiger partial charge in [-0.3, -0.25) is 19.7 Å². The fourth-order valence-electron chi connectivity index (χ4n) is 4.60. The maximum atomic E-state index is 12.7. The number of nitro benzene ring substituents is 1. The smallest absolute Gasteiger partial charge is 0.274 e. The van der Waals surface area contributed by atoms with Gasteiger partial charge in [0.05, 0.1) is 22.4 Å². The van der Waals surface area contributed by atoms with E-state index in [4.69, 9.17) is 0 Å². The number of imide groups is 1. The number of aryl methyl sites for hydroxylation is 1. The number of carbonyl (C=O) groups is 2. The zero-order valence-electron chi connectivity index (χ0n) is 12.2. The molecule has 0 aromatic heterocycles. The fraction of sp³-hybridized carbons (Fsp3) is 0.500. The normalized spacial score (nSPS) is 32.7. The van der Waals surface area contributed by atoms with Gasteiger partial charge in [-0.15, -0.1) is 0 Å². The quantitative estimate of drug-likeness (QED) is 0.477. The van der Waals surface area contributed by atoms with Crippen molar-refractivity contribution in [1.29, 1.82) is 0 Å². The lowest BCUT2D eigenvalue weighted by Crippen LogP contribution is -2.32. The van der Waals surface area contributed by atoms with Gasteiger partial charge in [0.2, 0.25) is 11.8 Å². The lowest BCUT2D eigenvalue weighted by atomic mass is 9.81. The predicted octanol–water partition coefficient (Wildman–Crippen LogP) is 2.44. The van der Waals surface area contributed by atoms with Gasteiger partial charge in [0.1, 0.15) is 0 Å². The molecule has 1 heterocycles. The molecular weight excluding hydrogens is 284 g/mol. The number of anilines is 1. The van der Waals surface area contributed by atoms with E-state index in [1.165, 1.54) is 11.0 Å². The number of hydrogen-bond acceptors (Lipinski definition) is 4. The van der Waals surface area contributed by atoms with E-state index in [0.29, 0.717) is 23.1 Å². The monoisotopic (exact) mass is 300 g/mol. The fourth-order valence-corrected chi connectivity index (χ4v) is 4.60. The highest BCUT2D eigenvalue weighted by molar-refractivity contribution is 6.22. The van der Waals surface area contributed by atoms with Gasteiger partial charge in [-0.2, -0.15) is 0 Å². The van der Waals surface area contributed by atoms with Crippen LogP contribution in [0.3, 0.4) is 0 Å². The molecule has 2 amide bonds. The molecule has 3 fully saturated rings. The lowest BCUT2D eigenvalue weighted by molar-refractivity contribution is -0.385. The molecule has 22 heavy (non-hydrogen) atoms. The number of hydrogen-bond donors (Lipinski definition) is 0. The summed E-state index contributed by atoms with van der Waals surface area (Å²) in [4.78, 5) is 37.2. The van der Waals surface area contributed by atoms with E-state index in [-0.39, 0.29) is 29.3 Å². The van der Waals surface area contributed by atoms with E-state index in [1.54, 1.807) is 19.1 Å². The van der Waals surface area contributed by atoms with E-state index in [0.717, 1.165) is 19.3 Å². The SMILES string of the molecule is Cc1ccc(N2C(=O)[C@H]3[C@@H]4CC[C@@H](C4)[C@@H]3C2=O)cc1[N+](=O)[O-]. The summed E-state index contributed by atoms with van der Waals surface area (Å²) < 4.78 is 0. The highest BCUT2D eigenvalue weighted by atomic mass is 16.6. The summed E-state index contributed by atoms with van der Waals surface area (Å²) in [5, 5.41) is 11.1. The summed E-state index contributed by atoms with van der Waals surface area (Å²) in [6.07, 6.45) is 3.02. The largest absolute Gasteiger partial charge is 0.274 e. The Labute approximate surface area is 127 Å². The van der Waals surface area contributed by atoms with E-state index in [1.807, 2.05) is 0 Å². The summed E-state index contributed by atoms with van der Waals surface area (Å²) in [5.74, 6) is -0.104. The Hall–Kier alpha value is -2.24. The zero-order chi connectivity index (χ0) is 15.6. The topological polar surface area (TPSA) is 80.5 Å². The summed E-state index contributed by atoms with van der Waals surface area (Å²) in [7, 11) is 0. The minimum Gasteiger partial charge on any atom is -0.274 e. The van der Waals surface area contributed by atoms with Gasteiger partial charge in [-0.1, -0.05) is 6.07 Å². The molecule has 1 aromatic rings. The zero-order valence-corrected chi connectivity index (χ0v) is 12.2. The molecule has 6 heteroatoms. The average Bonchev–Trinajstić information content (AvgIpc) is 3.14. The Bertz CT molecular complexity index is 686. The van der Waals surface area contributed by atoms with Crippen LogP contribution in [-0.2, 0) is 9.59 Å². The minimum absolute atomic E-state index is 0.0573. The number of rotatable bonds is 2. The summed E-state index contributed by atoms with van der Waals surface area (Å²) >= 11 is 0. The molecule has 2 saturated carbocycles. The van der Waals surface area contributed by atoms with Crippen LogP contribution in [-0.4, -0.2) is 16.7 Å². The Kier molecular flexibility index (Phi) is 2.67. The molecule has 6 nitrogen and oxygen atoms in total. The number of nitro groups is 1. The third-order valence-corrected chi connectivity index (χ3v) is 5.58. The van der Waals surface area contributed by atoms with E-state index in [9.17, 15) is 19.7 Å². The molecule has 2 bridgehead atoms. The van der Waals surface area contributed by atoms with Crippen molar-refractivity contribution in [2.75, 3.05) is 4.90 Å². The van der Waals surface area contributed by atoms with Gasteiger partial charge in [0.15, 0.2) is 0 Å². The van der Waals surface area contributed by atoms with Crippen LogP contribution in [0.2, 0.25) is 0 Å². The molecule has 2 aliphatic carbocycles. The first-order valence-corrected chi connectivity index (χ1v) is 7.62. The molecule has 4 atom stereocenters. The Morgan fingerprint density at radius 1 is 1.14 bits per heavy atom. The van der Waals surface area contributed by atoms with Crippen molar-refractivity contribution in [3.05, 3.63) is 33.9 Å². The van der Waals surface area contributed by atoms with Crippen molar-refractivity contribution >= 4 is 23.2 Å². The van der Waals surface area contributed by atoms with Crippen molar-refractivity contribution < 1.29 is 14.5 Å². The second kappa shape index (κ2) is 4.38. The molecular formula is C16H16N2O4. The predicted molar refractivity (Wildman–Crippen MR) is 78.1 cm³/mol. The summed E-state index contributed by atoms with van der Waals surface area (Å²) in [6.45, 7) is 1.64. The van der Waals surface area contributed by atoms with Crippen molar-refractivity contribution in [3.63, 3.8) is 0 Å². The van der Waals surface area contributed by atoms with Gasteiger partial charge < -0.3 is 0 Å². The van der Waals surface area contributed by atoms with Crippen molar-refractivity contribution in [2.45, 2.75) is 26.2 Å². The van der Waals surface area contributed by atoms with Crippen LogP contribution in [0.5, 0.6) is 0 Å². The van der Waals surface area contributed by atoms with Gasteiger partial charge in [-0.25, -0.2) is 4.90 Å². The highest BCUT2D eigenvalue weighted by Crippen LogP contribution is 2.56. The molecule has 1 aromatic carbocycles. The molecule has 114 valence electrons. The maximum Gasteiger partial charge on any atom is 0.274 e. The van der Waals surface area contributed by atoms with E-state index < -0.39 is 4.92 Å². The van der Waals surface area contributed by atoms with Gasteiger partial charge in [0, 0.05) is 11.6 Å². The van der Waals surface area contributed by atoms with E-state index in [2.05, 4.69) is 0 Å². The molecule has 0 radical (unpaired) electrons. The third kappa shape index (κ3) is 1.60. The first-order valence-electron chi connectivity index (χ1n) is 7.62. The first-order chi connectivity index (χ1) is 10.5. The molecule has 1 saturated heterocycles. The Balaban J connectivity index is 1.75. The Morgan fingerprint density at radius 3 is 2.27 bits per heavy atom. The van der Waals surface area contributed by atoms with Crippen LogP contribution < -0.4 is 4.90 Å². The van der Waals surface area contributed by atoms with Crippen LogP contribution in [0.15, 0.2) is 18.2 Å². The van der Waals surface area contributed by atoms with Crippen LogP contribution in [0.25, 0.3) is 0 Å². The minimum atomic E-state index is -0.478. The standard InChI is InChI=1S/C16H16N2O4/c1-8-2-5-11(7-12(8)18(21)22)17-15(19)13-9-3-4-10(6-9)14(13)16(17)20/h2,5,7,9-10,13-14H,3-4,6H2,1H3/t9-,10+,13-,14-/m0/s1. The number of carbonyl (C=O) groups excluding carboxylic acids is 2. The molecule has 3 aliphatic rings. The molecule has 0 N–H and O–H groups in total. The first kappa shape index (κ1) is 13.4. The molecule has 0 unspecified atom stereocenters. The van der Waals surface area contributed by atoms with Crippen molar-refractivity contribution in [2.24, 2.45) is 23.7 Å². The maximum absolute atomic E-state index is 12.7. The second-order valence-corrected chi connectivity index (χ2v) is 6.62. The molecule has 0 spiro atoms.